The molecule has 0 spiro atoms. The van der Waals surface area contributed by atoms with Crippen molar-refractivity contribution in [2.24, 2.45) is 0 Å². The number of rotatable bonds is 5. The molecule has 2 aromatic carbocycles. The Balaban J connectivity index is 1.94. The molecule has 2 aromatic rings. The Morgan fingerprint density at radius 1 is 1.19 bits per heavy atom. The topological polar surface area (TPSA) is 47.6 Å². The minimum absolute atomic E-state index is 0.0775. The number of anilines is 1. The van der Waals surface area contributed by atoms with E-state index in [0.717, 1.165) is 15.7 Å². The molecule has 0 fully saturated rings. The lowest BCUT2D eigenvalue weighted by Crippen LogP contribution is -2.20. The molecule has 4 nitrogen and oxygen atoms in total. The van der Waals surface area contributed by atoms with E-state index in [0.29, 0.717) is 11.5 Å². The van der Waals surface area contributed by atoms with Crippen molar-refractivity contribution in [3.05, 3.63) is 52.5 Å². The summed E-state index contributed by atoms with van der Waals surface area (Å²) in [6.07, 6.45) is 0. The highest BCUT2D eigenvalue weighted by atomic mass is 79.9. The third kappa shape index (κ3) is 4.23. The predicted octanol–water partition coefficient (Wildman–Crippen LogP) is 3.78. The molecule has 0 aliphatic heterocycles. The monoisotopic (exact) mass is 349 g/mol. The van der Waals surface area contributed by atoms with E-state index in [1.54, 1.807) is 19.2 Å². The van der Waals surface area contributed by atoms with Gasteiger partial charge in [0.25, 0.3) is 5.91 Å². The molecule has 21 heavy (non-hydrogen) atoms. The fourth-order valence-corrected chi connectivity index (χ4v) is 2.13. The van der Waals surface area contributed by atoms with Gasteiger partial charge in [-0.3, -0.25) is 4.79 Å². The standard InChI is InChI=1S/C16H16BrNO3/c1-11-7-8-12(9-13(11)17)18-16(19)10-21-15-6-4-3-5-14(15)20-2/h3-9H,10H2,1-2H3,(H,18,19). The van der Waals surface area contributed by atoms with Crippen LogP contribution >= 0.6 is 15.9 Å². The van der Waals surface area contributed by atoms with Crippen molar-refractivity contribution < 1.29 is 14.3 Å². The van der Waals surface area contributed by atoms with Crippen LogP contribution in [0.15, 0.2) is 46.9 Å². The zero-order chi connectivity index (χ0) is 15.2. The second kappa shape index (κ2) is 7.13. The molecule has 0 radical (unpaired) electrons. The quantitative estimate of drug-likeness (QED) is 0.893. The summed E-state index contributed by atoms with van der Waals surface area (Å²) in [5.41, 5.74) is 1.83. The molecule has 0 saturated heterocycles. The molecule has 0 aromatic heterocycles. The van der Waals surface area contributed by atoms with Gasteiger partial charge < -0.3 is 14.8 Å². The molecular formula is C16H16BrNO3. The van der Waals surface area contributed by atoms with Gasteiger partial charge in [-0.2, -0.15) is 0 Å². The highest BCUT2D eigenvalue weighted by molar-refractivity contribution is 9.10. The van der Waals surface area contributed by atoms with Crippen LogP contribution in [0.25, 0.3) is 0 Å². The van der Waals surface area contributed by atoms with Gasteiger partial charge in [0.2, 0.25) is 0 Å². The molecule has 110 valence electrons. The van der Waals surface area contributed by atoms with Crippen molar-refractivity contribution in [1.29, 1.82) is 0 Å². The van der Waals surface area contributed by atoms with Gasteiger partial charge in [0.05, 0.1) is 7.11 Å². The maximum Gasteiger partial charge on any atom is 0.262 e. The first-order valence-electron chi connectivity index (χ1n) is 6.42. The Morgan fingerprint density at radius 2 is 1.90 bits per heavy atom. The summed E-state index contributed by atoms with van der Waals surface area (Å²) in [6.45, 7) is 1.91. The van der Waals surface area contributed by atoms with E-state index < -0.39 is 0 Å². The summed E-state index contributed by atoms with van der Waals surface area (Å²) in [7, 11) is 1.56. The van der Waals surface area contributed by atoms with Crippen molar-refractivity contribution in [2.75, 3.05) is 19.0 Å². The molecule has 0 saturated carbocycles. The number of methoxy groups -OCH3 is 1. The molecule has 1 N–H and O–H groups in total. The lowest BCUT2D eigenvalue weighted by Gasteiger charge is -2.11. The number of halogens is 1. The zero-order valence-electron chi connectivity index (χ0n) is 11.9. The number of carbonyl (C=O) groups is 1. The second-order valence-electron chi connectivity index (χ2n) is 4.45. The van der Waals surface area contributed by atoms with Crippen molar-refractivity contribution >= 4 is 27.5 Å². The summed E-state index contributed by atoms with van der Waals surface area (Å²) < 4.78 is 11.6. The van der Waals surface area contributed by atoms with Crippen LogP contribution in [0.5, 0.6) is 11.5 Å². The molecular weight excluding hydrogens is 334 g/mol. The van der Waals surface area contributed by atoms with Gasteiger partial charge in [-0.25, -0.2) is 0 Å². The minimum atomic E-state index is -0.225. The normalized spacial score (nSPS) is 10.0. The lowest BCUT2D eigenvalue weighted by atomic mass is 10.2. The number of para-hydroxylation sites is 2. The van der Waals surface area contributed by atoms with Crippen LogP contribution in [0.4, 0.5) is 5.69 Å². The Bertz CT molecular complexity index is 643. The minimum Gasteiger partial charge on any atom is -0.493 e. The van der Waals surface area contributed by atoms with Gasteiger partial charge in [0, 0.05) is 10.2 Å². The van der Waals surface area contributed by atoms with Crippen molar-refractivity contribution in [3.8, 4) is 11.5 Å². The van der Waals surface area contributed by atoms with Gasteiger partial charge >= 0.3 is 0 Å². The zero-order valence-corrected chi connectivity index (χ0v) is 13.4. The van der Waals surface area contributed by atoms with E-state index in [9.17, 15) is 4.79 Å². The van der Waals surface area contributed by atoms with E-state index >= 15 is 0 Å². The molecule has 2 rings (SSSR count). The summed E-state index contributed by atoms with van der Waals surface area (Å²) in [4.78, 5) is 11.9. The maximum atomic E-state index is 11.9. The number of carbonyl (C=O) groups excluding carboxylic acids is 1. The summed E-state index contributed by atoms with van der Waals surface area (Å²) in [5.74, 6) is 0.917. The molecule has 1 amide bonds. The average molecular weight is 350 g/mol. The fourth-order valence-electron chi connectivity index (χ4n) is 1.75. The smallest absolute Gasteiger partial charge is 0.262 e. The Kier molecular flexibility index (Phi) is 5.22. The van der Waals surface area contributed by atoms with Gasteiger partial charge in [0.15, 0.2) is 18.1 Å². The van der Waals surface area contributed by atoms with E-state index in [1.165, 1.54) is 0 Å². The van der Waals surface area contributed by atoms with Gasteiger partial charge in [-0.1, -0.05) is 34.1 Å². The average Bonchev–Trinajstić information content (AvgIpc) is 2.49. The van der Waals surface area contributed by atoms with Crippen LogP contribution in [0.2, 0.25) is 0 Å². The molecule has 5 heteroatoms. The predicted molar refractivity (Wildman–Crippen MR) is 86.0 cm³/mol. The molecule has 0 atom stereocenters. The van der Waals surface area contributed by atoms with Crippen LogP contribution in [-0.2, 0) is 4.79 Å². The van der Waals surface area contributed by atoms with E-state index in [-0.39, 0.29) is 12.5 Å². The van der Waals surface area contributed by atoms with Crippen molar-refractivity contribution in [1.82, 2.24) is 0 Å². The largest absolute Gasteiger partial charge is 0.493 e. The third-order valence-electron chi connectivity index (χ3n) is 2.88. The molecule has 0 bridgehead atoms. The van der Waals surface area contributed by atoms with Crippen LogP contribution in [-0.4, -0.2) is 19.6 Å². The number of benzene rings is 2. The first-order valence-corrected chi connectivity index (χ1v) is 7.21. The molecule has 0 aliphatic rings. The van der Waals surface area contributed by atoms with Crippen LogP contribution in [0, 0.1) is 6.92 Å². The first kappa shape index (κ1) is 15.4. The van der Waals surface area contributed by atoms with E-state index in [4.69, 9.17) is 9.47 Å². The number of ether oxygens (including phenoxy) is 2. The first-order chi connectivity index (χ1) is 10.1. The van der Waals surface area contributed by atoms with E-state index in [1.807, 2.05) is 37.3 Å². The number of nitrogens with one attached hydrogen (secondary N) is 1. The molecule has 0 unspecified atom stereocenters. The lowest BCUT2D eigenvalue weighted by molar-refractivity contribution is -0.118. The molecule has 0 aliphatic carbocycles. The van der Waals surface area contributed by atoms with Gasteiger partial charge in [-0.15, -0.1) is 0 Å². The number of amides is 1. The second-order valence-corrected chi connectivity index (χ2v) is 5.31. The Labute approximate surface area is 132 Å². The number of hydrogen-bond donors (Lipinski definition) is 1. The fraction of sp³-hybridized carbons (Fsp3) is 0.188. The van der Waals surface area contributed by atoms with Crippen molar-refractivity contribution in [3.63, 3.8) is 0 Å². The van der Waals surface area contributed by atoms with Crippen LogP contribution in [0.3, 0.4) is 0 Å². The SMILES string of the molecule is COc1ccccc1OCC(=O)Nc1ccc(C)c(Br)c1. The summed E-state index contributed by atoms with van der Waals surface area (Å²) >= 11 is 3.43. The van der Waals surface area contributed by atoms with Crippen molar-refractivity contribution in [2.45, 2.75) is 6.92 Å². The number of hydrogen-bond acceptors (Lipinski definition) is 3. The summed E-state index contributed by atoms with van der Waals surface area (Å²) in [6, 6.07) is 12.8. The van der Waals surface area contributed by atoms with Gasteiger partial charge in [-0.05, 0) is 36.8 Å². The third-order valence-corrected chi connectivity index (χ3v) is 3.74. The van der Waals surface area contributed by atoms with E-state index in [2.05, 4.69) is 21.2 Å². The van der Waals surface area contributed by atoms with Gasteiger partial charge in [0.1, 0.15) is 0 Å². The Morgan fingerprint density at radius 3 is 2.57 bits per heavy atom. The highest BCUT2D eigenvalue weighted by Gasteiger charge is 2.07. The maximum absolute atomic E-state index is 11.9. The Hall–Kier alpha value is -2.01. The highest BCUT2D eigenvalue weighted by Crippen LogP contribution is 2.25. The van der Waals surface area contributed by atoms with Crippen LogP contribution in [0.1, 0.15) is 5.56 Å². The van der Waals surface area contributed by atoms with Crippen LogP contribution < -0.4 is 14.8 Å². The molecule has 0 heterocycles. The summed E-state index contributed by atoms with van der Waals surface area (Å²) in [5, 5.41) is 2.78. The number of aryl methyl sites for hydroxylation is 1.